The molecular weight excluding hydrogens is 292 g/mol. The van der Waals surface area contributed by atoms with Crippen LogP contribution in [0.3, 0.4) is 0 Å². The average Bonchev–Trinajstić information content (AvgIpc) is 3.06. The lowest BCUT2D eigenvalue weighted by molar-refractivity contribution is 0.227. The second-order valence-corrected chi connectivity index (χ2v) is 5.66. The molecule has 0 aliphatic heterocycles. The number of amides is 2. The number of aliphatic hydroxyl groups is 1. The van der Waals surface area contributed by atoms with Gasteiger partial charge in [-0.3, -0.25) is 4.68 Å². The number of nitrogens with zero attached hydrogens (tertiary/aromatic N) is 2. The molecule has 3 N–H and O–H groups in total. The van der Waals surface area contributed by atoms with Gasteiger partial charge in [0, 0.05) is 32.1 Å². The van der Waals surface area contributed by atoms with Crippen LogP contribution in [-0.4, -0.2) is 34.1 Å². The fourth-order valence-corrected chi connectivity index (χ4v) is 2.41. The van der Waals surface area contributed by atoms with Crippen molar-refractivity contribution in [3.8, 4) is 0 Å². The zero-order valence-corrected chi connectivity index (χ0v) is 13.4. The number of nitrogens with one attached hydrogen (secondary N) is 2. The highest BCUT2D eigenvalue weighted by atomic mass is 16.3. The van der Waals surface area contributed by atoms with E-state index in [0.717, 1.165) is 12.1 Å². The van der Waals surface area contributed by atoms with Crippen LogP contribution in [0.5, 0.6) is 0 Å². The van der Waals surface area contributed by atoms with Crippen LogP contribution in [0, 0.1) is 5.92 Å². The van der Waals surface area contributed by atoms with Gasteiger partial charge in [-0.05, 0) is 24.0 Å². The third-order valence-corrected chi connectivity index (χ3v) is 3.59. The van der Waals surface area contributed by atoms with Gasteiger partial charge < -0.3 is 15.7 Å². The van der Waals surface area contributed by atoms with Gasteiger partial charge in [0.15, 0.2) is 0 Å². The first kappa shape index (κ1) is 17.0. The predicted octanol–water partition coefficient (Wildman–Crippen LogP) is 1.94. The van der Waals surface area contributed by atoms with E-state index in [1.165, 1.54) is 0 Å². The van der Waals surface area contributed by atoms with Crippen LogP contribution in [0.1, 0.15) is 24.9 Å². The predicted molar refractivity (Wildman–Crippen MR) is 88.8 cm³/mol. The summed E-state index contributed by atoms with van der Waals surface area (Å²) < 4.78 is 1.85. The van der Waals surface area contributed by atoms with Crippen LogP contribution < -0.4 is 10.6 Å². The minimum Gasteiger partial charge on any atom is -0.396 e. The average molecular weight is 316 g/mol. The molecule has 1 heterocycles. The maximum atomic E-state index is 12.1. The first-order valence-electron chi connectivity index (χ1n) is 7.86. The van der Waals surface area contributed by atoms with Crippen molar-refractivity contribution in [2.24, 2.45) is 5.92 Å². The highest BCUT2D eigenvalue weighted by molar-refractivity contribution is 5.74. The Balaban J connectivity index is 1.80. The van der Waals surface area contributed by atoms with Crippen LogP contribution >= 0.6 is 0 Å². The number of hydrogen-bond acceptors (Lipinski definition) is 3. The number of carbonyl (C=O) groups excluding carboxylic acids is 1. The number of rotatable bonds is 8. The molecule has 2 atom stereocenters. The molecule has 124 valence electrons. The number of benzene rings is 1. The largest absolute Gasteiger partial charge is 0.396 e. The summed E-state index contributed by atoms with van der Waals surface area (Å²) in [6.07, 6.45) is 4.13. The molecule has 2 rings (SSSR count). The van der Waals surface area contributed by atoms with Crippen LogP contribution in [0.2, 0.25) is 0 Å². The highest BCUT2D eigenvalue weighted by Gasteiger charge is 2.14. The summed E-state index contributed by atoms with van der Waals surface area (Å²) in [5.74, 6) is 0.272. The Morgan fingerprint density at radius 2 is 2.09 bits per heavy atom. The fourth-order valence-electron chi connectivity index (χ4n) is 2.41. The number of hydrogen-bond donors (Lipinski definition) is 3. The molecule has 6 nitrogen and oxygen atoms in total. The van der Waals surface area contributed by atoms with Gasteiger partial charge in [0.2, 0.25) is 0 Å². The van der Waals surface area contributed by atoms with Gasteiger partial charge in [-0.25, -0.2) is 4.79 Å². The number of urea groups is 1. The molecule has 2 amide bonds. The first-order valence-corrected chi connectivity index (χ1v) is 7.86. The maximum absolute atomic E-state index is 12.1. The van der Waals surface area contributed by atoms with E-state index in [1.807, 2.05) is 47.3 Å². The normalized spacial score (nSPS) is 13.3. The van der Waals surface area contributed by atoms with Crippen molar-refractivity contribution in [3.05, 3.63) is 54.4 Å². The van der Waals surface area contributed by atoms with Crippen molar-refractivity contribution in [1.82, 2.24) is 20.4 Å². The van der Waals surface area contributed by atoms with Crippen molar-refractivity contribution < 1.29 is 9.90 Å². The van der Waals surface area contributed by atoms with E-state index in [0.29, 0.717) is 13.0 Å². The minimum atomic E-state index is -0.223. The Kier molecular flexibility index (Phi) is 6.62. The number of aromatic nitrogens is 2. The van der Waals surface area contributed by atoms with E-state index in [9.17, 15) is 9.90 Å². The van der Waals surface area contributed by atoms with Gasteiger partial charge in [0.05, 0.1) is 6.04 Å². The van der Waals surface area contributed by atoms with Gasteiger partial charge in [-0.1, -0.05) is 37.3 Å². The zero-order chi connectivity index (χ0) is 16.5. The van der Waals surface area contributed by atoms with Crippen molar-refractivity contribution in [3.63, 3.8) is 0 Å². The smallest absolute Gasteiger partial charge is 0.315 e. The molecule has 6 heteroatoms. The van der Waals surface area contributed by atoms with Crippen molar-refractivity contribution in [1.29, 1.82) is 0 Å². The number of aliphatic hydroxyl groups excluding tert-OH is 1. The summed E-state index contributed by atoms with van der Waals surface area (Å²) in [6, 6.07) is 11.1. The first-order chi connectivity index (χ1) is 11.2. The second kappa shape index (κ2) is 8.95. The van der Waals surface area contributed by atoms with E-state index < -0.39 is 0 Å². The van der Waals surface area contributed by atoms with Crippen LogP contribution in [0.25, 0.3) is 0 Å². The van der Waals surface area contributed by atoms with Crippen LogP contribution in [-0.2, 0) is 6.54 Å². The van der Waals surface area contributed by atoms with Gasteiger partial charge >= 0.3 is 6.03 Å². The third-order valence-electron chi connectivity index (χ3n) is 3.59. The molecule has 2 aromatic rings. The Labute approximate surface area is 136 Å². The molecule has 0 fully saturated rings. The minimum absolute atomic E-state index is 0.0234. The maximum Gasteiger partial charge on any atom is 0.315 e. The molecule has 0 spiro atoms. The molecule has 1 aromatic carbocycles. The molecule has 0 radical (unpaired) electrons. The summed E-state index contributed by atoms with van der Waals surface area (Å²) in [5, 5.41) is 19.1. The fraction of sp³-hybridized carbons (Fsp3) is 0.412. The van der Waals surface area contributed by atoms with Gasteiger partial charge in [-0.15, -0.1) is 0 Å². The molecule has 0 saturated heterocycles. The highest BCUT2D eigenvalue weighted by Crippen LogP contribution is 2.15. The van der Waals surface area contributed by atoms with E-state index in [2.05, 4.69) is 22.7 Å². The molecule has 23 heavy (non-hydrogen) atoms. The third kappa shape index (κ3) is 5.75. The van der Waals surface area contributed by atoms with E-state index in [4.69, 9.17) is 0 Å². The molecule has 0 bridgehead atoms. The van der Waals surface area contributed by atoms with Gasteiger partial charge in [-0.2, -0.15) is 5.10 Å². The molecule has 0 aliphatic rings. The summed E-state index contributed by atoms with van der Waals surface area (Å²) in [5.41, 5.74) is 0.987. The quantitative estimate of drug-likeness (QED) is 0.696. The van der Waals surface area contributed by atoms with Gasteiger partial charge in [0.25, 0.3) is 0 Å². The lowest BCUT2D eigenvalue weighted by Crippen LogP contribution is -2.40. The second-order valence-electron chi connectivity index (χ2n) is 5.66. The topological polar surface area (TPSA) is 79.2 Å². The van der Waals surface area contributed by atoms with Crippen molar-refractivity contribution in [2.45, 2.75) is 25.9 Å². The van der Waals surface area contributed by atoms with Crippen molar-refractivity contribution >= 4 is 6.03 Å². The molecule has 1 aromatic heterocycles. The standard InChI is InChI=1S/C17H24N4O2/c1-14(13-21-10-5-9-19-21)12-18-17(23)20-16(8-11-22)15-6-3-2-4-7-15/h2-7,9-10,14,16,22H,8,11-13H2,1H3,(H2,18,20,23)/t14?,16-/m1/s1. The van der Waals surface area contributed by atoms with E-state index in [-0.39, 0.29) is 24.6 Å². The lowest BCUT2D eigenvalue weighted by Gasteiger charge is -2.20. The Morgan fingerprint density at radius 1 is 1.30 bits per heavy atom. The zero-order valence-electron chi connectivity index (χ0n) is 13.4. The Hall–Kier alpha value is -2.34. The van der Waals surface area contributed by atoms with Gasteiger partial charge in [0.1, 0.15) is 0 Å². The summed E-state index contributed by atoms with van der Waals surface area (Å²) in [7, 11) is 0. The van der Waals surface area contributed by atoms with Crippen LogP contribution in [0.4, 0.5) is 4.79 Å². The van der Waals surface area contributed by atoms with E-state index in [1.54, 1.807) is 6.20 Å². The molecule has 1 unspecified atom stereocenters. The molecule has 0 aliphatic carbocycles. The monoisotopic (exact) mass is 316 g/mol. The molecular formula is C17H24N4O2. The molecule has 0 saturated carbocycles. The Bertz CT molecular complexity index is 572. The SMILES string of the molecule is CC(CNC(=O)N[C@H](CCO)c1ccccc1)Cn1cccn1. The summed E-state index contributed by atoms with van der Waals surface area (Å²) in [6.45, 7) is 3.40. The number of carbonyl (C=O) groups is 1. The summed E-state index contributed by atoms with van der Waals surface area (Å²) >= 11 is 0. The van der Waals surface area contributed by atoms with E-state index >= 15 is 0 Å². The Morgan fingerprint density at radius 3 is 2.74 bits per heavy atom. The van der Waals surface area contributed by atoms with Crippen molar-refractivity contribution in [2.75, 3.05) is 13.2 Å². The lowest BCUT2D eigenvalue weighted by atomic mass is 10.0. The van der Waals surface area contributed by atoms with Crippen LogP contribution in [0.15, 0.2) is 48.8 Å². The summed E-state index contributed by atoms with van der Waals surface area (Å²) in [4.78, 5) is 12.1.